The fourth-order valence-electron chi connectivity index (χ4n) is 14.6. The molecule has 0 unspecified atom stereocenters. The topological polar surface area (TPSA) is 21.1 Å². The number of benzene rings is 12. The Morgan fingerprint density at radius 3 is 1.68 bits per heavy atom. The molecule has 4 heteroatoms. The number of pyridine rings is 1. The highest BCUT2D eigenvalue weighted by atomic mass is 28.3. The molecule has 0 bridgehead atoms. The van der Waals surface area contributed by atoms with Gasteiger partial charge in [0.1, 0.15) is 5.82 Å². The van der Waals surface area contributed by atoms with Crippen LogP contribution in [0.25, 0.3) is 82.4 Å². The lowest BCUT2D eigenvalue weighted by Crippen LogP contribution is -2.77. The first-order chi connectivity index (χ1) is 38.7. The van der Waals surface area contributed by atoms with E-state index in [1.807, 2.05) is 6.20 Å². The van der Waals surface area contributed by atoms with Crippen LogP contribution in [0.4, 0.5) is 17.2 Å². The zero-order chi connectivity index (χ0) is 51.1. The summed E-state index contributed by atoms with van der Waals surface area (Å²) in [6.45, 7) is 0. The number of para-hydroxylation sites is 2. The summed E-state index contributed by atoms with van der Waals surface area (Å²) < 4.78 is 2.49. The van der Waals surface area contributed by atoms with E-state index in [4.69, 9.17) is 4.98 Å². The van der Waals surface area contributed by atoms with Crippen molar-refractivity contribution in [2.24, 2.45) is 0 Å². The van der Waals surface area contributed by atoms with E-state index in [9.17, 15) is 0 Å². The largest absolute Gasteiger partial charge is 0.309 e. The molecule has 3 heterocycles. The molecule has 0 saturated carbocycles. The highest BCUT2D eigenvalue weighted by Gasteiger charge is 2.52. The second-order valence-corrected chi connectivity index (χ2v) is 25.0. The van der Waals surface area contributed by atoms with Crippen LogP contribution in [0, 0.1) is 0 Å². The van der Waals surface area contributed by atoms with Crippen LogP contribution in [-0.4, -0.2) is 17.6 Å². The summed E-state index contributed by atoms with van der Waals surface area (Å²) in [5, 5.41) is 12.6. The predicted octanol–water partition coefficient (Wildman–Crippen LogP) is 15.7. The molecule has 17 rings (SSSR count). The summed E-state index contributed by atoms with van der Waals surface area (Å²) in [5.74, 6) is 0.934. The monoisotopic (exact) mass is 1010 g/mol. The summed E-state index contributed by atoms with van der Waals surface area (Å²) >= 11 is 0. The van der Waals surface area contributed by atoms with Gasteiger partial charge in [0, 0.05) is 39.4 Å². The van der Waals surface area contributed by atoms with Crippen LogP contribution in [0.2, 0.25) is 0 Å². The van der Waals surface area contributed by atoms with Crippen LogP contribution in [-0.2, 0) is 5.41 Å². The fourth-order valence-corrected chi connectivity index (χ4v) is 19.7. The Balaban J connectivity index is 0.877. The van der Waals surface area contributed by atoms with Crippen molar-refractivity contribution >= 4 is 89.4 Å². The van der Waals surface area contributed by atoms with Gasteiger partial charge in [0.25, 0.3) is 0 Å². The van der Waals surface area contributed by atoms with Crippen molar-refractivity contribution in [1.82, 2.24) is 9.55 Å². The van der Waals surface area contributed by atoms with E-state index in [2.05, 4.69) is 289 Å². The Morgan fingerprint density at radius 2 is 0.910 bits per heavy atom. The fraction of sp³-hybridized carbons (Fsp3) is 0.0135. The Morgan fingerprint density at radius 1 is 0.346 bits per heavy atom. The molecule has 2 aromatic heterocycles. The quantitative estimate of drug-likeness (QED) is 0.160. The Labute approximate surface area is 453 Å². The lowest BCUT2D eigenvalue weighted by Gasteiger charge is -2.45. The molecule has 362 valence electrons. The summed E-state index contributed by atoms with van der Waals surface area (Å²) in [6, 6.07) is 105. The number of hydrogen-bond donors (Lipinski definition) is 0. The van der Waals surface area contributed by atoms with Gasteiger partial charge in [-0.15, -0.1) is 0 Å². The molecule has 2 aliphatic carbocycles. The maximum Gasteiger partial charge on any atom is 0.184 e. The summed E-state index contributed by atoms with van der Waals surface area (Å²) in [6.07, 6.45) is 1.96. The summed E-state index contributed by atoms with van der Waals surface area (Å²) in [5.41, 5.74) is 18.5. The van der Waals surface area contributed by atoms with Crippen LogP contribution in [0.5, 0.6) is 0 Å². The highest BCUT2D eigenvalue weighted by molar-refractivity contribution is 7.21. The van der Waals surface area contributed by atoms with E-state index in [1.54, 1.807) is 0 Å². The van der Waals surface area contributed by atoms with Gasteiger partial charge in [-0.3, -0.25) is 4.90 Å². The van der Waals surface area contributed by atoms with Gasteiger partial charge >= 0.3 is 0 Å². The standard InChI is InChI=1S/C74H47N3Si/c1-3-20-53(21-4-1)78(54-22-5-2-6-23-54)70-34-18-17-33-68(70)77(73-55-24-8-7-19-48(55)43-44-75-73)69-42-38-51(46-71(69)78)50-37-41-67-61(45-50)58-27-12-16-32-66(58)76(67)52-39-35-49-36-40-65-72(60(49)47-52)59-28-11-15-31-64(59)74(65)62-29-13-9-25-56(62)57-26-10-14-30-63(57)74/h1-47H. The minimum Gasteiger partial charge on any atom is -0.309 e. The molecule has 14 aromatic rings. The number of fused-ring (bicyclic) bond motifs is 18. The second-order valence-electron chi connectivity index (χ2n) is 21.3. The number of anilines is 3. The van der Waals surface area contributed by atoms with Crippen molar-refractivity contribution in [3.05, 3.63) is 308 Å². The van der Waals surface area contributed by atoms with Crippen LogP contribution < -0.4 is 25.6 Å². The highest BCUT2D eigenvalue weighted by Crippen LogP contribution is 2.63. The molecule has 0 fully saturated rings. The normalized spacial score (nSPS) is 14.1. The van der Waals surface area contributed by atoms with Gasteiger partial charge in [-0.25, -0.2) is 4.98 Å². The van der Waals surface area contributed by atoms with Gasteiger partial charge in [-0.2, -0.15) is 0 Å². The number of hydrogen-bond acceptors (Lipinski definition) is 2. The van der Waals surface area contributed by atoms with Crippen LogP contribution in [0.1, 0.15) is 22.3 Å². The first-order valence-electron chi connectivity index (χ1n) is 27.1. The Bertz CT molecular complexity index is 4730. The molecular formula is C74H47N3Si. The summed E-state index contributed by atoms with van der Waals surface area (Å²) in [4.78, 5) is 7.65. The molecule has 0 amide bonds. The van der Waals surface area contributed by atoms with E-state index in [0.717, 1.165) is 22.6 Å². The van der Waals surface area contributed by atoms with Crippen LogP contribution >= 0.6 is 0 Å². The summed E-state index contributed by atoms with van der Waals surface area (Å²) in [7, 11) is -2.99. The van der Waals surface area contributed by atoms with Crippen molar-refractivity contribution in [2.45, 2.75) is 5.41 Å². The second kappa shape index (κ2) is 16.3. The molecular weight excluding hydrogens is 959 g/mol. The van der Waals surface area contributed by atoms with Gasteiger partial charge < -0.3 is 4.57 Å². The Kier molecular flexibility index (Phi) is 9.07. The molecule has 0 N–H and O–H groups in total. The molecule has 0 radical (unpaired) electrons. The minimum atomic E-state index is -2.99. The van der Waals surface area contributed by atoms with E-state index in [-0.39, 0.29) is 0 Å². The zero-order valence-corrected chi connectivity index (χ0v) is 43.5. The molecule has 0 saturated heterocycles. The first-order valence-corrected chi connectivity index (χ1v) is 29.1. The zero-order valence-electron chi connectivity index (χ0n) is 42.5. The van der Waals surface area contributed by atoms with Gasteiger partial charge in [-0.05, 0) is 141 Å². The lowest BCUT2D eigenvalue weighted by atomic mass is 9.70. The smallest absolute Gasteiger partial charge is 0.184 e. The molecule has 0 atom stereocenters. The molecule has 1 spiro atoms. The van der Waals surface area contributed by atoms with Gasteiger partial charge in [-0.1, -0.05) is 231 Å². The van der Waals surface area contributed by atoms with Crippen molar-refractivity contribution in [3.63, 3.8) is 0 Å². The van der Waals surface area contributed by atoms with E-state index in [0.29, 0.717) is 0 Å². The minimum absolute atomic E-state index is 0.401. The van der Waals surface area contributed by atoms with E-state index in [1.165, 1.54) is 120 Å². The third-order valence-corrected chi connectivity index (χ3v) is 22.5. The number of aromatic nitrogens is 2. The lowest BCUT2D eigenvalue weighted by molar-refractivity contribution is 0.794. The third kappa shape index (κ3) is 5.68. The van der Waals surface area contributed by atoms with Crippen molar-refractivity contribution < 1.29 is 0 Å². The predicted molar refractivity (Wildman–Crippen MR) is 327 cm³/mol. The van der Waals surface area contributed by atoms with Crippen molar-refractivity contribution in [1.29, 1.82) is 0 Å². The molecule has 1 aliphatic heterocycles. The first kappa shape index (κ1) is 43.4. The molecule has 3 aliphatic rings. The van der Waals surface area contributed by atoms with Gasteiger partial charge in [0.15, 0.2) is 8.07 Å². The van der Waals surface area contributed by atoms with Gasteiger partial charge in [0.05, 0.1) is 16.4 Å². The third-order valence-electron chi connectivity index (χ3n) is 17.7. The molecule has 3 nitrogen and oxygen atoms in total. The maximum atomic E-state index is 5.21. The Hall–Kier alpha value is -9.87. The molecule has 12 aromatic carbocycles. The van der Waals surface area contributed by atoms with E-state index >= 15 is 0 Å². The van der Waals surface area contributed by atoms with Gasteiger partial charge in [0.2, 0.25) is 0 Å². The van der Waals surface area contributed by atoms with Crippen LogP contribution in [0.15, 0.2) is 285 Å². The number of nitrogens with zero attached hydrogens (tertiary/aromatic N) is 3. The van der Waals surface area contributed by atoms with Crippen LogP contribution in [0.3, 0.4) is 0 Å². The average Bonchev–Trinajstić information content (AvgIpc) is 4.01. The number of rotatable bonds is 5. The SMILES string of the molecule is c1ccc([Si]2(c3ccccc3)c3ccccc3N(c3nccc4ccccc34)c3ccc(-c4ccc5c(c4)c4ccccc4n5-c4ccc5ccc6c(c5c4)-c4ccccc4C64c5ccccc5-c5ccccc54)cc32)cc1. The average molecular weight is 1010 g/mol. The maximum absolute atomic E-state index is 5.21. The van der Waals surface area contributed by atoms with E-state index < -0.39 is 13.5 Å². The van der Waals surface area contributed by atoms with Crippen molar-refractivity contribution in [3.8, 4) is 39.1 Å². The van der Waals surface area contributed by atoms with Crippen molar-refractivity contribution in [2.75, 3.05) is 4.90 Å². The molecule has 78 heavy (non-hydrogen) atoms.